The molecule has 28 heavy (non-hydrogen) atoms. The van der Waals surface area contributed by atoms with Crippen LogP contribution in [0.5, 0.6) is 0 Å². The molecule has 0 spiro atoms. The Balaban J connectivity index is 1.41. The minimum Gasteiger partial charge on any atom is -0.382 e. The monoisotopic (exact) mass is 377 g/mol. The molecule has 1 saturated carbocycles. The van der Waals surface area contributed by atoms with E-state index in [4.69, 9.17) is 5.73 Å². The predicted octanol–water partition coefficient (Wildman–Crippen LogP) is 1.45. The molecule has 4 rings (SSSR count). The van der Waals surface area contributed by atoms with Crippen LogP contribution in [0.2, 0.25) is 0 Å². The maximum Gasteiger partial charge on any atom is 0.278 e. The highest BCUT2D eigenvalue weighted by atomic mass is 16.2. The first-order chi connectivity index (χ1) is 13.6. The van der Waals surface area contributed by atoms with Crippen molar-refractivity contribution in [3.8, 4) is 0 Å². The van der Waals surface area contributed by atoms with Gasteiger partial charge in [-0.05, 0) is 30.5 Å². The molecule has 0 aliphatic heterocycles. The lowest BCUT2D eigenvalue weighted by molar-refractivity contribution is 0.0950. The Morgan fingerprint density at radius 3 is 2.79 bits per heavy atom. The summed E-state index contributed by atoms with van der Waals surface area (Å²) in [5.41, 5.74) is 7.80. The van der Waals surface area contributed by atoms with Crippen molar-refractivity contribution in [1.82, 2.24) is 25.1 Å². The van der Waals surface area contributed by atoms with E-state index in [1.54, 1.807) is 16.9 Å². The molecule has 1 aliphatic carbocycles. The van der Waals surface area contributed by atoms with Gasteiger partial charge in [0.25, 0.3) is 11.8 Å². The highest BCUT2D eigenvalue weighted by Crippen LogP contribution is 2.19. The fourth-order valence-corrected chi connectivity index (χ4v) is 2.72. The zero-order valence-electron chi connectivity index (χ0n) is 15.0. The second kappa shape index (κ2) is 7.47. The smallest absolute Gasteiger partial charge is 0.278 e. The van der Waals surface area contributed by atoms with Crippen molar-refractivity contribution < 1.29 is 9.59 Å². The largest absolute Gasteiger partial charge is 0.382 e. The Kier molecular flexibility index (Phi) is 4.71. The first kappa shape index (κ1) is 17.7. The summed E-state index contributed by atoms with van der Waals surface area (Å²) in [5.74, 6) is -0.447. The van der Waals surface area contributed by atoms with Gasteiger partial charge in [0.1, 0.15) is 0 Å². The molecule has 3 aromatic rings. The van der Waals surface area contributed by atoms with Crippen LogP contribution in [-0.4, -0.2) is 37.6 Å². The van der Waals surface area contributed by atoms with Gasteiger partial charge in [0.2, 0.25) is 0 Å². The quantitative estimate of drug-likeness (QED) is 0.596. The van der Waals surface area contributed by atoms with Gasteiger partial charge in [0.15, 0.2) is 11.5 Å². The zero-order valence-corrected chi connectivity index (χ0v) is 15.0. The van der Waals surface area contributed by atoms with Gasteiger partial charge in [0.05, 0.1) is 18.4 Å². The summed E-state index contributed by atoms with van der Waals surface area (Å²) in [5, 5.41) is 9.92. The van der Waals surface area contributed by atoms with Crippen molar-refractivity contribution >= 4 is 23.3 Å². The summed E-state index contributed by atoms with van der Waals surface area (Å²) in [6.45, 7) is 0.466. The van der Waals surface area contributed by atoms with E-state index in [1.807, 2.05) is 18.2 Å². The maximum absolute atomic E-state index is 12.2. The summed E-state index contributed by atoms with van der Waals surface area (Å²) >= 11 is 0. The molecule has 0 atom stereocenters. The number of nitrogen functional groups attached to an aromatic ring is 1. The van der Waals surface area contributed by atoms with Crippen LogP contribution in [-0.2, 0) is 6.54 Å². The molecule has 0 unspecified atom stereocenters. The number of hydrogen-bond donors (Lipinski definition) is 3. The van der Waals surface area contributed by atoms with Gasteiger partial charge >= 0.3 is 0 Å². The Morgan fingerprint density at radius 2 is 2.00 bits per heavy atom. The number of rotatable bonds is 6. The minimum atomic E-state index is -0.455. The van der Waals surface area contributed by atoms with Crippen molar-refractivity contribution in [3.63, 3.8) is 0 Å². The molecule has 0 radical (unpaired) electrons. The number of aromatic nitrogens is 4. The highest BCUT2D eigenvalue weighted by Gasteiger charge is 2.23. The van der Waals surface area contributed by atoms with Gasteiger partial charge in [0, 0.05) is 30.2 Å². The zero-order chi connectivity index (χ0) is 19.5. The van der Waals surface area contributed by atoms with Crippen LogP contribution in [0.15, 0.2) is 49.1 Å². The Labute approximate surface area is 161 Å². The van der Waals surface area contributed by atoms with E-state index in [2.05, 4.69) is 25.7 Å². The lowest BCUT2D eigenvalue weighted by Crippen LogP contribution is -2.25. The fourth-order valence-electron chi connectivity index (χ4n) is 2.72. The molecule has 2 aromatic heterocycles. The molecule has 2 heterocycles. The van der Waals surface area contributed by atoms with E-state index in [0.29, 0.717) is 23.8 Å². The molecule has 1 aromatic carbocycles. The van der Waals surface area contributed by atoms with Crippen LogP contribution in [0, 0.1) is 0 Å². The molecule has 4 N–H and O–H groups in total. The second-order valence-electron chi connectivity index (χ2n) is 6.62. The van der Waals surface area contributed by atoms with Crippen molar-refractivity contribution in [2.45, 2.75) is 25.4 Å². The third-order valence-corrected chi connectivity index (χ3v) is 4.28. The molecule has 0 bridgehead atoms. The predicted molar refractivity (Wildman–Crippen MR) is 103 cm³/mol. The molecule has 9 nitrogen and oxygen atoms in total. The Bertz CT molecular complexity index is 1030. The van der Waals surface area contributed by atoms with Crippen LogP contribution in [0.25, 0.3) is 0 Å². The van der Waals surface area contributed by atoms with Crippen LogP contribution in [0.3, 0.4) is 0 Å². The van der Waals surface area contributed by atoms with E-state index in [9.17, 15) is 9.59 Å². The summed E-state index contributed by atoms with van der Waals surface area (Å²) < 4.78 is 1.67. The van der Waals surface area contributed by atoms with Crippen molar-refractivity contribution in [1.29, 1.82) is 0 Å². The van der Waals surface area contributed by atoms with Crippen molar-refractivity contribution in [3.05, 3.63) is 65.9 Å². The number of nitrogens with two attached hydrogens (primary N) is 1. The number of carbonyl (C=O) groups is 2. The molecular weight excluding hydrogens is 358 g/mol. The second-order valence-corrected chi connectivity index (χ2v) is 6.62. The number of nitrogens with zero attached hydrogens (tertiary/aromatic N) is 4. The van der Waals surface area contributed by atoms with Crippen molar-refractivity contribution in [2.24, 2.45) is 0 Å². The summed E-state index contributed by atoms with van der Waals surface area (Å²) in [7, 11) is 0. The van der Waals surface area contributed by atoms with Gasteiger partial charge in [-0.3, -0.25) is 14.3 Å². The Morgan fingerprint density at radius 1 is 1.18 bits per heavy atom. The van der Waals surface area contributed by atoms with Gasteiger partial charge in [-0.15, -0.1) is 0 Å². The third kappa shape index (κ3) is 4.14. The third-order valence-electron chi connectivity index (χ3n) is 4.28. The van der Waals surface area contributed by atoms with E-state index < -0.39 is 5.91 Å². The van der Waals surface area contributed by atoms with Gasteiger partial charge < -0.3 is 16.4 Å². The lowest BCUT2D eigenvalue weighted by atomic mass is 10.1. The van der Waals surface area contributed by atoms with Crippen LogP contribution >= 0.6 is 0 Å². The molecular formula is C19H19N7O2. The van der Waals surface area contributed by atoms with Gasteiger partial charge in [-0.25, -0.2) is 9.97 Å². The summed E-state index contributed by atoms with van der Waals surface area (Å²) in [4.78, 5) is 32.2. The molecule has 0 saturated heterocycles. The van der Waals surface area contributed by atoms with Crippen LogP contribution in [0.1, 0.15) is 39.3 Å². The lowest BCUT2D eigenvalue weighted by Gasteiger charge is -2.06. The average Bonchev–Trinajstić information content (AvgIpc) is 3.40. The Hall–Kier alpha value is -3.75. The normalized spacial score (nSPS) is 13.1. The number of anilines is 2. The van der Waals surface area contributed by atoms with Crippen LogP contribution < -0.4 is 16.4 Å². The number of amides is 2. The molecule has 142 valence electrons. The van der Waals surface area contributed by atoms with Gasteiger partial charge in [-0.1, -0.05) is 12.1 Å². The number of carbonyl (C=O) groups excluding carboxylic acids is 2. The van der Waals surface area contributed by atoms with E-state index in [0.717, 1.165) is 18.4 Å². The first-order valence-electron chi connectivity index (χ1n) is 8.88. The molecule has 9 heteroatoms. The fraction of sp³-hybridized carbons (Fsp3) is 0.211. The maximum atomic E-state index is 12.2. The molecule has 1 aliphatic rings. The van der Waals surface area contributed by atoms with Crippen molar-refractivity contribution in [2.75, 3.05) is 11.1 Å². The number of benzene rings is 1. The average molecular weight is 377 g/mol. The number of nitrogens with one attached hydrogen (secondary N) is 2. The first-order valence-corrected chi connectivity index (χ1v) is 8.88. The standard InChI is InChI=1S/C19H19N7O2/c20-17-16(21-6-7-22-17)19(28)25-15-9-23-26(11-15)10-12-2-1-3-13(8-12)18(27)24-14-4-5-14/h1-3,6-9,11,14H,4-5,10H2,(H2,20,22)(H,24,27)(H,25,28). The highest BCUT2D eigenvalue weighted by molar-refractivity contribution is 6.05. The molecule has 1 fully saturated rings. The number of hydrogen-bond acceptors (Lipinski definition) is 6. The van der Waals surface area contributed by atoms with E-state index >= 15 is 0 Å². The minimum absolute atomic E-state index is 0.0562. The SMILES string of the molecule is Nc1nccnc1C(=O)Nc1cnn(Cc2cccc(C(=O)NC3CC3)c2)c1. The summed E-state index contributed by atoms with van der Waals surface area (Å²) in [6, 6.07) is 7.73. The topological polar surface area (TPSA) is 128 Å². The van der Waals surface area contributed by atoms with Gasteiger partial charge in [-0.2, -0.15) is 5.10 Å². The molecule has 2 amide bonds. The van der Waals surface area contributed by atoms with E-state index in [1.165, 1.54) is 18.6 Å². The van der Waals surface area contributed by atoms with E-state index in [-0.39, 0.29) is 17.4 Å². The summed E-state index contributed by atoms with van der Waals surface area (Å²) in [6.07, 6.45) is 8.15. The van der Waals surface area contributed by atoms with Crippen LogP contribution in [0.4, 0.5) is 11.5 Å².